The predicted octanol–water partition coefficient (Wildman–Crippen LogP) is 1.94. The molecular formula is C21H19BrF3P. The fourth-order valence-electron chi connectivity index (χ4n) is 3.18. The van der Waals surface area contributed by atoms with Crippen LogP contribution in [-0.2, 0) is 0 Å². The molecule has 3 rings (SSSR count). The Balaban J connectivity index is 0.00000243. The standard InChI is InChI=1S/C21H19F3P.BrH/c22-21(23,24)16-17-25(18-10-4-1-5-11-18,19-12-6-2-7-13-19)20-14-8-3-9-15-20;/h1-15H,16-17H2;1H/q+1;/p-1. The van der Waals surface area contributed by atoms with Crippen LogP contribution in [0.25, 0.3) is 0 Å². The normalized spacial score (nSPS) is 11.7. The molecule has 0 aliphatic carbocycles. The summed E-state index contributed by atoms with van der Waals surface area (Å²) < 4.78 is 39.5. The van der Waals surface area contributed by atoms with E-state index in [1.807, 2.05) is 91.0 Å². The van der Waals surface area contributed by atoms with Crippen molar-refractivity contribution >= 4 is 23.2 Å². The molecule has 136 valence electrons. The predicted molar refractivity (Wildman–Crippen MR) is 101 cm³/mol. The van der Waals surface area contributed by atoms with Crippen molar-refractivity contribution in [1.82, 2.24) is 0 Å². The number of halogens is 4. The Labute approximate surface area is 163 Å². The van der Waals surface area contributed by atoms with E-state index in [0.29, 0.717) is 0 Å². The van der Waals surface area contributed by atoms with E-state index >= 15 is 0 Å². The first-order valence-electron chi connectivity index (χ1n) is 8.14. The van der Waals surface area contributed by atoms with Gasteiger partial charge in [-0.1, -0.05) is 54.6 Å². The lowest BCUT2D eigenvalue weighted by molar-refractivity contribution is -0.129. The van der Waals surface area contributed by atoms with Gasteiger partial charge in [0.15, 0.2) is 0 Å². The molecule has 0 bridgehead atoms. The van der Waals surface area contributed by atoms with Crippen molar-refractivity contribution in [1.29, 1.82) is 0 Å². The van der Waals surface area contributed by atoms with Crippen LogP contribution in [0.1, 0.15) is 6.42 Å². The Bertz CT molecular complexity index is 693. The van der Waals surface area contributed by atoms with Crippen molar-refractivity contribution in [3.63, 3.8) is 0 Å². The SMILES string of the molecule is FC(F)(F)CC[P+](c1ccccc1)(c1ccccc1)c1ccccc1.[Br-]. The zero-order chi connectivity index (χ0) is 17.8. The largest absolute Gasteiger partial charge is 1.00 e. The van der Waals surface area contributed by atoms with E-state index in [9.17, 15) is 13.2 Å². The van der Waals surface area contributed by atoms with Gasteiger partial charge in [0, 0.05) is 0 Å². The van der Waals surface area contributed by atoms with Crippen molar-refractivity contribution in [3.05, 3.63) is 91.0 Å². The van der Waals surface area contributed by atoms with E-state index < -0.39 is 19.9 Å². The summed E-state index contributed by atoms with van der Waals surface area (Å²) in [6.45, 7) is 0. The monoisotopic (exact) mass is 438 g/mol. The molecule has 0 unspecified atom stereocenters. The van der Waals surface area contributed by atoms with Gasteiger partial charge in [-0.15, -0.1) is 0 Å². The molecule has 0 saturated carbocycles. The third kappa shape index (κ3) is 4.55. The van der Waals surface area contributed by atoms with E-state index in [4.69, 9.17) is 0 Å². The summed E-state index contributed by atoms with van der Waals surface area (Å²) in [5.74, 6) is 0. The van der Waals surface area contributed by atoms with Gasteiger partial charge in [0.1, 0.15) is 23.2 Å². The molecule has 0 N–H and O–H groups in total. The van der Waals surface area contributed by atoms with Crippen LogP contribution in [0.4, 0.5) is 13.2 Å². The van der Waals surface area contributed by atoms with Crippen LogP contribution in [0, 0.1) is 0 Å². The van der Waals surface area contributed by atoms with Gasteiger partial charge in [0.25, 0.3) is 0 Å². The minimum Gasteiger partial charge on any atom is -1.00 e. The fraction of sp³-hybridized carbons (Fsp3) is 0.143. The zero-order valence-electron chi connectivity index (χ0n) is 14.0. The van der Waals surface area contributed by atoms with Gasteiger partial charge in [-0.2, -0.15) is 13.2 Å². The van der Waals surface area contributed by atoms with Crippen LogP contribution in [0.3, 0.4) is 0 Å². The van der Waals surface area contributed by atoms with Crippen molar-refractivity contribution < 1.29 is 30.2 Å². The second-order valence-electron chi connectivity index (χ2n) is 5.91. The second-order valence-corrected chi connectivity index (χ2v) is 9.52. The highest BCUT2D eigenvalue weighted by atomic mass is 79.9. The van der Waals surface area contributed by atoms with Gasteiger partial charge in [-0.05, 0) is 36.4 Å². The van der Waals surface area contributed by atoms with Gasteiger partial charge in [0.2, 0.25) is 0 Å². The van der Waals surface area contributed by atoms with Crippen molar-refractivity contribution in [3.8, 4) is 0 Å². The average Bonchev–Trinajstić information content (AvgIpc) is 2.64. The van der Waals surface area contributed by atoms with Gasteiger partial charge in [-0.3, -0.25) is 0 Å². The molecule has 3 aromatic rings. The van der Waals surface area contributed by atoms with Crippen molar-refractivity contribution in [2.75, 3.05) is 6.16 Å². The first-order valence-corrected chi connectivity index (χ1v) is 10.1. The van der Waals surface area contributed by atoms with Crippen LogP contribution in [0.15, 0.2) is 91.0 Å². The summed E-state index contributed by atoms with van der Waals surface area (Å²) in [6, 6.07) is 28.9. The van der Waals surface area contributed by atoms with E-state index in [1.54, 1.807) is 0 Å². The fourth-order valence-corrected chi connectivity index (χ4v) is 7.48. The Morgan fingerprint density at radius 2 is 0.885 bits per heavy atom. The molecule has 0 spiro atoms. The molecule has 5 heteroatoms. The van der Waals surface area contributed by atoms with Gasteiger partial charge in [-0.25, -0.2) is 0 Å². The molecule has 0 fully saturated rings. The smallest absolute Gasteiger partial charge is 0.392 e. The summed E-state index contributed by atoms with van der Waals surface area (Å²) >= 11 is 0. The van der Waals surface area contributed by atoms with Crippen LogP contribution in [0.5, 0.6) is 0 Å². The number of benzene rings is 3. The van der Waals surface area contributed by atoms with Crippen molar-refractivity contribution in [2.45, 2.75) is 12.6 Å². The third-order valence-electron chi connectivity index (χ3n) is 4.32. The van der Waals surface area contributed by atoms with Crippen LogP contribution < -0.4 is 32.9 Å². The highest BCUT2D eigenvalue weighted by Crippen LogP contribution is 2.56. The third-order valence-corrected chi connectivity index (χ3v) is 8.76. The summed E-state index contributed by atoms with van der Waals surface area (Å²) in [5.41, 5.74) is 0. The molecule has 0 aliphatic rings. The highest BCUT2D eigenvalue weighted by molar-refractivity contribution is 7.95. The number of hydrogen-bond donors (Lipinski definition) is 0. The maximum absolute atomic E-state index is 13.2. The summed E-state index contributed by atoms with van der Waals surface area (Å²) in [5, 5.41) is 2.95. The molecule has 0 radical (unpaired) electrons. The van der Waals surface area contributed by atoms with Crippen LogP contribution in [-0.4, -0.2) is 12.3 Å². The summed E-state index contributed by atoms with van der Waals surface area (Å²) in [7, 11) is -2.37. The Morgan fingerprint density at radius 3 is 1.15 bits per heavy atom. The first kappa shape index (κ1) is 20.7. The van der Waals surface area contributed by atoms with E-state index in [0.717, 1.165) is 15.9 Å². The number of alkyl halides is 3. The molecule has 0 nitrogen and oxygen atoms in total. The van der Waals surface area contributed by atoms with Crippen LogP contribution >= 0.6 is 7.26 Å². The highest BCUT2D eigenvalue weighted by Gasteiger charge is 2.47. The van der Waals surface area contributed by atoms with E-state index in [2.05, 4.69) is 0 Å². The summed E-state index contributed by atoms with van der Waals surface area (Å²) in [4.78, 5) is 0. The number of hydrogen-bond acceptors (Lipinski definition) is 0. The maximum atomic E-state index is 13.2. The number of rotatable bonds is 5. The topological polar surface area (TPSA) is 0 Å². The molecule has 0 amide bonds. The molecule has 26 heavy (non-hydrogen) atoms. The quantitative estimate of drug-likeness (QED) is 0.534. The molecular weight excluding hydrogens is 420 g/mol. The molecule has 0 atom stereocenters. The van der Waals surface area contributed by atoms with Gasteiger partial charge >= 0.3 is 6.18 Å². The summed E-state index contributed by atoms with van der Waals surface area (Å²) in [6.07, 6.45) is -4.89. The Kier molecular flexibility index (Phi) is 7.02. The minimum absolute atomic E-state index is 0. The first-order chi connectivity index (χ1) is 12.0. The zero-order valence-corrected chi connectivity index (χ0v) is 16.5. The maximum Gasteiger partial charge on any atom is 0.392 e. The van der Waals surface area contributed by atoms with Gasteiger partial charge in [0.05, 0.1) is 12.6 Å². The molecule has 0 aromatic heterocycles. The Hall–Kier alpha value is -1.64. The second kappa shape index (κ2) is 8.83. The lowest BCUT2D eigenvalue weighted by Crippen LogP contribution is -3.00. The lowest BCUT2D eigenvalue weighted by Gasteiger charge is -2.28. The molecule has 0 heterocycles. The molecule has 0 aliphatic heterocycles. The Morgan fingerprint density at radius 1 is 0.577 bits per heavy atom. The van der Waals surface area contributed by atoms with Crippen molar-refractivity contribution in [2.24, 2.45) is 0 Å². The average molecular weight is 439 g/mol. The molecule has 3 aromatic carbocycles. The van der Waals surface area contributed by atoms with Gasteiger partial charge < -0.3 is 17.0 Å². The van der Waals surface area contributed by atoms with E-state index in [-0.39, 0.29) is 23.1 Å². The lowest BCUT2D eigenvalue weighted by atomic mass is 10.3. The minimum atomic E-state index is -4.18. The molecule has 0 saturated heterocycles. The van der Waals surface area contributed by atoms with Crippen LogP contribution in [0.2, 0.25) is 0 Å². The van der Waals surface area contributed by atoms with E-state index in [1.165, 1.54) is 0 Å².